The van der Waals surface area contributed by atoms with E-state index in [1.165, 1.54) is 76.7 Å². The van der Waals surface area contributed by atoms with Gasteiger partial charge in [0.25, 0.3) is 0 Å². The molecule has 0 rings (SSSR count). The van der Waals surface area contributed by atoms with Crippen LogP contribution < -0.4 is 0 Å². The zero-order chi connectivity index (χ0) is 32.6. The molecule has 0 aliphatic carbocycles. The van der Waals surface area contributed by atoms with E-state index in [2.05, 4.69) is 74.6 Å². The smallest absolute Gasteiger partial charge is 0.328 e. The number of carboxylic acid groups (broad SMARTS) is 2. The highest BCUT2D eigenvalue weighted by atomic mass is 16.4. The molecule has 0 aromatic rings. The van der Waals surface area contributed by atoms with E-state index in [-0.39, 0.29) is 6.42 Å². The van der Waals surface area contributed by atoms with Crippen LogP contribution in [-0.2, 0) is 9.59 Å². The Kier molecular flexibility index (Phi) is 38.5. The zero-order valence-corrected chi connectivity index (χ0v) is 27.8. The van der Waals surface area contributed by atoms with Crippen LogP contribution in [0, 0.1) is 0 Å². The summed E-state index contributed by atoms with van der Waals surface area (Å²) in [4.78, 5) is 20.5. The standard InChI is InChI=1S/C20H32O2.C20H30O2/c2*1-2-3-4-5-6-7-8-9-10-11-12-13-14-15-16-17-18-19-20(21)22/h6-7,9-10,12-13,15-16H,2-5,8,11,14,17-19H2,1H3,(H,21,22);10-19H,2-9H2,1H3,(H,21,22). The SMILES string of the molecule is CCCCCC=CCC=CCC=CCC=CCCCC(=O)O.CCCCCCCCCC=CC=CC=CC=CC=CC(=O)O. The highest BCUT2D eigenvalue weighted by molar-refractivity contribution is 5.80. The lowest BCUT2D eigenvalue weighted by atomic mass is 10.1. The Morgan fingerprint density at radius 1 is 0.432 bits per heavy atom. The Morgan fingerprint density at radius 3 is 1.34 bits per heavy atom. The second-order valence-corrected chi connectivity index (χ2v) is 10.6. The van der Waals surface area contributed by atoms with E-state index in [1.54, 1.807) is 12.2 Å². The van der Waals surface area contributed by atoms with Crippen molar-refractivity contribution < 1.29 is 19.8 Å². The molecule has 0 spiro atoms. The summed E-state index contributed by atoms with van der Waals surface area (Å²) in [6.07, 6.45) is 56.1. The molecule has 2 N–H and O–H groups in total. The maximum absolute atomic E-state index is 10.3. The van der Waals surface area contributed by atoms with Crippen LogP contribution in [0.2, 0.25) is 0 Å². The summed E-state index contributed by atoms with van der Waals surface area (Å²) in [5, 5.41) is 16.9. The van der Waals surface area contributed by atoms with Gasteiger partial charge in [0.2, 0.25) is 0 Å². The van der Waals surface area contributed by atoms with Gasteiger partial charge in [-0.05, 0) is 57.8 Å². The molecule has 0 amide bonds. The van der Waals surface area contributed by atoms with Crippen LogP contribution in [0.25, 0.3) is 0 Å². The summed E-state index contributed by atoms with van der Waals surface area (Å²) < 4.78 is 0. The van der Waals surface area contributed by atoms with E-state index in [4.69, 9.17) is 10.2 Å². The van der Waals surface area contributed by atoms with E-state index in [0.717, 1.165) is 44.6 Å². The number of rotatable bonds is 27. The van der Waals surface area contributed by atoms with Gasteiger partial charge in [-0.25, -0.2) is 4.79 Å². The highest BCUT2D eigenvalue weighted by Gasteiger charge is 1.92. The molecule has 0 aliphatic rings. The van der Waals surface area contributed by atoms with Gasteiger partial charge in [-0.3, -0.25) is 4.79 Å². The monoisotopic (exact) mass is 606 g/mol. The summed E-state index contributed by atoms with van der Waals surface area (Å²) >= 11 is 0. The van der Waals surface area contributed by atoms with E-state index in [1.807, 2.05) is 24.3 Å². The van der Waals surface area contributed by atoms with Gasteiger partial charge in [-0.2, -0.15) is 0 Å². The highest BCUT2D eigenvalue weighted by Crippen LogP contribution is 2.08. The molecule has 0 aliphatic heterocycles. The minimum atomic E-state index is -0.931. The molecule has 0 aromatic carbocycles. The van der Waals surface area contributed by atoms with Crippen LogP contribution in [0.5, 0.6) is 0 Å². The van der Waals surface area contributed by atoms with E-state index in [9.17, 15) is 9.59 Å². The number of hydrogen-bond acceptors (Lipinski definition) is 2. The summed E-state index contributed by atoms with van der Waals surface area (Å²) in [5.41, 5.74) is 0. The van der Waals surface area contributed by atoms with Gasteiger partial charge in [0, 0.05) is 12.5 Å². The topological polar surface area (TPSA) is 74.6 Å². The Hall–Kier alpha value is -3.40. The minimum absolute atomic E-state index is 0.262. The molecule has 0 fully saturated rings. The van der Waals surface area contributed by atoms with Crippen LogP contribution in [0.15, 0.2) is 109 Å². The third-order valence-corrected chi connectivity index (χ3v) is 6.35. The summed E-state index contributed by atoms with van der Waals surface area (Å²) in [5.74, 6) is -1.64. The number of hydrogen-bond donors (Lipinski definition) is 2. The average Bonchev–Trinajstić information content (AvgIpc) is 3.00. The lowest BCUT2D eigenvalue weighted by Crippen LogP contribution is -1.92. The van der Waals surface area contributed by atoms with Crippen LogP contribution >= 0.6 is 0 Å². The second kappa shape index (κ2) is 39.6. The maximum atomic E-state index is 10.3. The van der Waals surface area contributed by atoms with Gasteiger partial charge in [0.05, 0.1) is 0 Å². The first-order chi connectivity index (χ1) is 21.5. The molecule has 0 saturated carbocycles. The van der Waals surface area contributed by atoms with E-state index >= 15 is 0 Å². The first-order valence-corrected chi connectivity index (χ1v) is 16.9. The Labute approximate surface area is 270 Å². The molecule has 0 aromatic heterocycles. The zero-order valence-electron chi connectivity index (χ0n) is 27.8. The number of aliphatic carboxylic acids is 2. The van der Waals surface area contributed by atoms with Crippen LogP contribution in [0.1, 0.15) is 129 Å². The first-order valence-electron chi connectivity index (χ1n) is 16.9. The molecule has 0 radical (unpaired) electrons. The van der Waals surface area contributed by atoms with Gasteiger partial charge < -0.3 is 10.2 Å². The fourth-order valence-electron chi connectivity index (χ4n) is 3.85. The van der Waals surface area contributed by atoms with Crippen molar-refractivity contribution in [3.05, 3.63) is 109 Å². The number of carboxylic acids is 2. The fourth-order valence-corrected chi connectivity index (χ4v) is 3.85. The molecule has 4 heteroatoms. The molecule has 4 nitrogen and oxygen atoms in total. The Morgan fingerprint density at radius 2 is 0.818 bits per heavy atom. The Bertz CT molecular complexity index is 910. The lowest BCUT2D eigenvalue weighted by molar-refractivity contribution is -0.137. The second-order valence-electron chi connectivity index (χ2n) is 10.6. The van der Waals surface area contributed by atoms with Crippen molar-refractivity contribution >= 4 is 11.9 Å². The van der Waals surface area contributed by atoms with Crippen molar-refractivity contribution in [3.63, 3.8) is 0 Å². The van der Waals surface area contributed by atoms with Gasteiger partial charge in [0.1, 0.15) is 0 Å². The molecule has 0 bridgehead atoms. The molecule has 0 unspecified atom stereocenters. The molecule has 0 heterocycles. The van der Waals surface area contributed by atoms with Crippen molar-refractivity contribution in [1.29, 1.82) is 0 Å². The molecule has 0 saturated heterocycles. The molecule has 246 valence electrons. The molecule has 44 heavy (non-hydrogen) atoms. The lowest BCUT2D eigenvalue weighted by Gasteiger charge is -1.98. The van der Waals surface area contributed by atoms with Crippen molar-refractivity contribution in [2.24, 2.45) is 0 Å². The van der Waals surface area contributed by atoms with Gasteiger partial charge in [0.15, 0.2) is 0 Å². The predicted octanol–water partition coefficient (Wildman–Crippen LogP) is 12.2. The van der Waals surface area contributed by atoms with Crippen molar-refractivity contribution in [2.75, 3.05) is 0 Å². The summed E-state index contributed by atoms with van der Waals surface area (Å²) in [6.45, 7) is 4.48. The summed E-state index contributed by atoms with van der Waals surface area (Å²) in [7, 11) is 0. The van der Waals surface area contributed by atoms with Gasteiger partial charge in [-0.15, -0.1) is 0 Å². The van der Waals surface area contributed by atoms with Gasteiger partial charge >= 0.3 is 11.9 Å². The van der Waals surface area contributed by atoms with Crippen molar-refractivity contribution in [2.45, 2.75) is 129 Å². The van der Waals surface area contributed by atoms with Crippen LogP contribution in [0.3, 0.4) is 0 Å². The quantitative estimate of drug-likeness (QED) is 0.0422. The fraction of sp³-hybridized carbons (Fsp3) is 0.500. The predicted molar refractivity (Wildman–Crippen MR) is 192 cm³/mol. The molecule has 0 atom stereocenters. The number of allylic oxidation sites excluding steroid dienone is 17. The van der Waals surface area contributed by atoms with Crippen molar-refractivity contribution in [1.82, 2.24) is 0 Å². The Balaban J connectivity index is 0. The molecular formula is C40H62O4. The third kappa shape index (κ3) is 45.6. The van der Waals surface area contributed by atoms with E-state index < -0.39 is 11.9 Å². The summed E-state index contributed by atoms with van der Waals surface area (Å²) in [6, 6.07) is 0. The van der Waals surface area contributed by atoms with Gasteiger partial charge in [-0.1, -0.05) is 169 Å². The van der Waals surface area contributed by atoms with Crippen molar-refractivity contribution in [3.8, 4) is 0 Å². The normalized spacial score (nSPS) is 12.6. The first kappa shape index (κ1) is 42.7. The maximum Gasteiger partial charge on any atom is 0.328 e. The largest absolute Gasteiger partial charge is 0.481 e. The minimum Gasteiger partial charge on any atom is -0.481 e. The number of unbranched alkanes of at least 4 members (excludes halogenated alkanes) is 11. The number of carbonyl (C=O) groups is 2. The van der Waals surface area contributed by atoms with E-state index in [0.29, 0.717) is 0 Å². The molecular weight excluding hydrogens is 544 g/mol. The van der Waals surface area contributed by atoms with Crippen LogP contribution in [-0.4, -0.2) is 22.2 Å². The third-order valence-electron chi connectivity index (χ3n) is 6.35. The van der Waals surface area contributed by atoms with Crippen LogP contribution in [0.4, 0.5) is 0 Å². The average molecular weight is 607 g/mol.